The summed E-state index contributed by atoms with van der Waals surface area (Å²) in [5, 5.41) is 0. The molecule has 1 aromatic carbocycles. The molecule has 2 N–H and O–H groups in total. The normalized spacial score (nSPS) is 9.93. The standard InChI is InChI=1S/C11H14FNO/c1-8(6-13)7-14-10-5-3-4-9(2)11(10)12/h3-5H,1,6-7,13H2,2H3. The first-order chi connectivity index (χ1) is 6.65. The Labute approximate surface area is 83.2 Å². The number of ether oxygens (including phenoxy) is 1. The average molecular weight is 195 g/mol. The fraction of sp³-hybridized carbons (Fsp3) is 0.273. The summed E-state index contributed by atoms with van der Waals surface area (Å²) >= 11 is 0. The molecule has 0 saturated carbocycles. The van der Waals surface area contributed by atoms with Gasteiger partial charge in [-0.25, -0.2) is 4.39 Å². The second-order valence-electron chi connectivity index (χ2n) is 3.13. The van der Waals surface area contributed by atoms with E-state index in [1.165, 1.54) is 0 Å². The predicted molar refractivity (Wildman–Crippen MR) is 54.8 cm³/mol. The summed E-state index contributed by atoms with van der Waals surface area (Å²) in [4.78, 5) is 0. The lowest BCUT2D eigenvalue weighted by Crippen LogP contribution is -2.10. The van der Waals surface area contributed by atoms with E-state index in [0.717, 1.165) is 5.57 Å². The molecule has 0 atom stereocenters. The third-order valence-electron chi connectivity index (χ3n) is 1.88. The summed E-state index contributed by atoms with van der Waals surface area (Å²) in [7, 11) is 0. The van der Waals surface area contributed by atoms with Crippen LogP contribution in [0, 0.1) is 12.7 Å². The molecule has 0 radical (unpaired) electrons. The Kier molecular flexibility index (Phi) is 3.65. The Morgan fingerprint density at radius 3 is 2.93 bits per heavy atom. The van der Waals surface area contributed by atoms with Gasteiger partial charge in [-0.15, -0.1) is 0 Å². The van der Waals surface area contributed by atoms with Crippen LogP contribution < -0.4 is 10.5 Å². The van der Waals surface area contributed by atoms with Crippen LogP contribution in [0.1, 0.15) is 5.56 Å². The molecule has 0 unspecified atom stereocenters. The SMILES string of the molecule is C=C(CN)COc1cccc(C)c1F. The van der Waals surface area contributed by atoms with Gasteiger partial charge in [-0.3, -0.25) is 0 Å². The molecule has 0 aliphatic carbocycles. The number of nitrogens with two attached hydrogens (primary N) is 1. The first kappa shape index (κ1) is 10.7. The minimum Gasteiger partial charge on any atom is -0.486 e. The van der Waals surface area contributed by atoms with Crippen LogP contribution in [0.4, 0.5) is 4.39 Å². The smallest absolute Gasteiger partial charge is 0.167 e. The van der Waals surface area contributed by atoms with Crippen molar-refractivity contribution in [3.8, 4) is 5.75 Å². The lowest BCUT2D eigenvalue weighted by atomic mass is 10.2. The second kappa shape index (κ2) is 4.77. The molecule has 0 aromatic heterocycles. The van der Waals surface area contributed by atoms with Crippen molar-refractivity contribution < 1.29 is 9.13 Å². The minimum atomic E-state index is -0.322. The lowest BCUT2D eigenvalue weighted by molar-refractivity contribution is 0.330. The van der Waals surface area contributed by atoms with Gasteiger partial charge in [-0.2, -0.15) is 0 Å². The van der Waals surface area contributed by atoms with Crippen LogP contribution in [0.3, 0.4) is 0 Å². The van der Waals surface area contributed by atoms with E-state index in [0.29, 0.717) is 12.1 Å². The van der Waals surface area contributed by atoms with E-state index in [1.807, 2.05) is 0 Å². The Morgan fingerprint density at radius 2 is 2.29 bits per heavy atom. The van der Waals surface area contributed by atoms with Crippen LogP contribution in [0.5, 0.6) is 5.75 Å². The average Bonchev–Trinajstić information content (AvgIpc) is 2.20. The van der Waals surface area contributed by atoms with Crippen LogP contribution >= 0.6 is 0 Å². The molecule has 3 heteroatoms. The Balaban J connectivity index is 2.68. The van der Waals surface area contributed by atoms with Crippen LogP contribution in [0.25, 0.3) is 0 Å². The highest BCUT2D eigenvalue weighted by Crippen LogP contribution is 2.19. The fourth-order valence-electron chi connectivity index (χ4n) is 0.971. The summed E-state index contributed by atoms with van der Waals surface area (Å²) in [6, 6.07) is 5.03. The Morgan fingerprint density at radius 1 is 1.57 bits per heavy atom. The van der Waals surface area contributed by atoms with Gasteiger partial charge in [0.1, 0.15) is 6.61 Å². The molecular weight excluding hydrogens is 181 g/mol. The number of hydrogen-bond donors (Lipinski definition) is 1. The van der Waals surface area contributed by atoms with Gasteiger partial charge in [-0.1, -0.05) is 18.7 Å². The van der Waals surface area contributed by atoms with E-state index < -0.39 is 0 Å². The summed E-state index contributed by atoms with van der Waals surface area (Å²) in [5.41, 5.74) is 6.64. The van der Waals surface area contributed by atoms with Gasteiger partial charge in [0, 0.05) is 6.54 Å². The molecule has 2 nitrogen and oxygen atoms in total. The number of hydrogen-bond acceptors (Lipinski definition) is 2. The van der Waals surface area contributed by atoms with E-state index in [-0.39, 0.29) is 18.2 Å². The highest BCUT2D eigenvalue weighted by Gasteiger charge is 2.05. The van der Waals surface area contributed by atoms with E-state index in [4.69, 9.17) is 10.5 Å². The van der Waals surface area contributed by atoms with Gasteiger partial charge in [0.15, 0.2) is 11.6 Å². The van der Waals surface area contributed by atoms with Crippen LogP contribution in [0.15, 0.2) is 30.4 Å². The highest BCUT2D eigenvalue weighted by molar-refractivity contribution is 5.30. The van der Waals surface area contributed by atoms with Crippen molar-refractivity contribution in [3.05, 3.63) is 41.7 Å². The molecule has 0 bridgehead atoms. The van der Waals surface area contributed by atoms with Gasteiger partial charge in [-0.05, 0) is 24.1 Å². The molecule has 1 rings (SSSR count). The summed E-state index contributed by atoms with van der Waals surface area (Å²) in [6.07, 6.45) is 0. The summed E-state index contributed by atoms with van der Waals surface area (Å²) in [5.74, 6) is -0.0723. The number of rotatable bonds is 4. The molecule has 0 amide bonds. The molecular formula is C11H14FNO. The zero-order valence-corrected chi connectivity index (χ0v) is 8.22. The van der Waals surface area contributed by atoms with Crippen molar-refractivity contribution >= 4 is 0 Å². The Hall–Kier alpha value is -1.35. The molecule has 0 spiro atoms. The maximum Gasteiger partial charge on any atom is 0.167 e. The van der Waals surface area contributed by atoms with Crippen molar-refractivity contribution in [2.24, 2.45) is 5.73 Å². The monoisotopic (exact) mass is 195 g/mol. The fourth-order valence-corrected chi connectivity index (χ4v) is 0.971. The maximum absolute atomic E-state index is 13.4. The number of halogens is 1. The van der Waals surface area contributed by atoms with E-state index in [1.54, 1.807) is 25.1 Å². The summed E-state index contributed by atoms with van der Waals surface area (Å²) in [6.45, 7) is 5.98. The van der Waals surface area contributed by atoms with Crippen LogP contribution in [-0.4, -0.2) is 13.2 Å². The second-order valence-corrected chi connectivity index (χ2v) is 3.13. The lowest BCUT2D eigenvalue weighted by Gasteiger charge is -2.08. The van der Waals surface area contributed by atoms with Gasteiger partial charge in [0.25, 0.3) is 0 Å². The van der Waals surface area contributed by atoms with E-state index in [9.17, 15) is 4.39 Å². The molecule has 0 aliphatic heterocycles. The molecule has 14 heavy (non-hydrogen) atoms. The molecule has 0 aliphatic rings. The zero-order chi connectivity index (χ0) is 10.6. The molecule has 0 fully saturated rings. The van der Waals surface area contributed by atoms with Crippen molar-refractivity contribution in [2.45, 2.75) is 6.92 Å². The van der Waals surface area contributed by atoms with Crippen molar-refractivity contribution in [3.63, 3.8) is 0 Å². The summed E-state index contributed by atoms with van der Waals surface area (Å²) < 4.78 is 18.6. The first-order valence-corrected chi connectivity index (χ1v) is 4.39. The third kappa shape index (κ3) is 2.57. The topological polar surface area (TPSA) is 35.2 Å². The largest absolute Gasteiger partial charge is 0.486 e. The molecule has 76 valence electrons. The van der Waals surface area contributed by atoms with Crippen molar-refractivity contribution in [1.82, 2.24) is 0 Å². The first-order valence-electron chi connectivity index (χ1n) is 4.39. The van der Waals surface area contributed by atoms with Crippen LogP contribution in [0.2, 0.25) is 0 Å². The van der Waals surface area contributed by atoms with Gasteiger partial charge < -0.3 is 10.5 Å². The molecule has 0 heterocycles. The molecule has 1 aromatic rings. The number of aryl methyl sites for hydroxylation is 1. The van der Waals surface area contributed by atoms with Crippen molar-refractivity contribution in [2.75, 3.05) is 13.2 Å². The van der Waals surface area contributed by atoms with Crippen LogP contribution in [-0.2, 0) is 0 Å². The van der Waals surface area contributed by atoms with Gasteiger partial charge in [0.2, 0.25) is 0 Å². The van der Waals surface area contributed by atoms with Gasteiger partial charge >= 0.3 is 0 Å². The van der Waals surface area contributed by atoms with Gasteiger partial charge in [0.05, 0.1) is 0 Å². The minimum absolute atomic E-state index is 0.250. The third-order valence-corrected chi connectivity index (χ3v) is 1.88. The Bertz CT molecular complexity index is 336. The van der Waals surface area contributed by atoms with E-state index in [2.05, 4.69) is 6.58 Å². The van der Waals surface area contributed by atoms with Crippen molar-refractivity contribution in [1.29, 1.82) is 0 Å². The molecule has 0 saturated heterocycles. The van der Waals surface area contributed by atoms with E-state index >= 15 is 0 Å². The quantitative estimate of drug-likeness (QED) is 0.746. The predicted octanol–water partition coefficient (Wildman–Crippen LogP) is 2.03. The number of benzene rings is 1. The zero-order valence-electron chi connectivity index (χ0n) is 8.22. The maximum atomic E-state index is 13.4. The highest BCUT2D eigenvalue weighted by atomic mass is 19.1.